The van der Waals surface area contributed by atoms with Crippen molar-refractivity contribution in [3.63, 3.8) is 0 Å². The van der Waals surface area contributed by atoms with Crippen LogP contribution in [0.15, 0.2) is 48.9 Å². The van der Waals surface area contributed by atoms with Crippen LogP contribution in [-0.2, 0) is 0 Å². The molecule has 0 saturated carbocycles. The molecule has 0 unspecified atom stereocenters. The Hall–Kier alpha value is -4.58. The van der Waals surface area contributed by atoms with Crippen LogP contribution in [0.25, 0.3) is 10.8 Å². The van der Waals surface area contributed by atoms with Crippen molar-refractivity contribution >= 4 is 28.2 Å². The average Bonchev–Trinajstić information content (AvgIpc) is 2.85. The highest BCUT2D eigenvalue weighted by Gasteiger charge is 2.11. The van der Waals surface area contributed by atoms with Crippen molar-refractivity contribution < 1.29 is 14.2 Å². The third kappa shape index (κ3) is 4.27. The topological polar surface area (TPSA) is 103 Å². The van der Waals surface area contributed by atoms with E-state index in [0.717, 1.165) is 16.3 Å². The van der Waals surface area contributed by atoms with Crippen LogP contribution in [0.3, 0.4) is 0 Å². The van der Waals surface area contributed by atoms with Gasteiger partial charge in [-0.3, -0.25) is 0 Å². The van der Waals surface area contributed by atoms with E-state index in [0.29, 0.717) is 53.7 Å². The lowest BCUT2D eigenvalue weighted by atomic mass is 10.1. The minimum atomic E-state index is 0.297. The zero-order chi connectivity index (χ0) is 22.6. The molecular weight excluding hydrogens is 420 g/mol. The first-order chi connectivity index (χ1) is 16.2. The van der Waals surface area contributed by atoms with Crippen molar-refractivity contribution in [2.45, 2.75) is 0 Å². The monoisotopic (exact) mass is 440 g/mol. The number of rotatable bonds is 2. The summed E-state index contributed by atoms with van der Waals surface area (Å²) in [4.78, 5) is 17.9. The van der Waals surface area contributed by atoms with Gasteiger partial charge in [-0.05, 0) is 18.1 Å². The molecule has 164 valence electrons. The summed E-state index contributed by atoms with van der Waals surface area (Å²) in [5.74, 6) is 9.76. The first-order valence-electron chi connectivity index (χ1n) is 10.3. The molecule has 1 aliphatic heterocycles. The molecule has 0 aromatic carbocycles. The predicted molar refractivity (Wildman–Crippen MR) is 124 cm³/mol. The van der Waals surface area contributed by atoms with Gasteiger partial charge in [-0.25, -0.2) is 15.0 Å². The second kappa shape index (κ2) is 8.88. The van der Waals surface area contributed by atoms with Gasteiger partial charge in [-0.1, -0.05) is 12.0 Å². The Kier molecular flexibility index (Phi) is 5.47. The van der Waals surface area contributed by atoms with E-state index in [1.54, 1.807) is 37.8 Å². The van der Waals surface area contributed by atoms with E-state index < -0.39 is 0 Å². The zero-order valence-electron chi connectivity index (χ0n) is 18.0. The summed E-state index contributed by atoms with van der Waals surface area (Å²) < 4.78 is 17.0. The standard InChI is InChI=1S/C24H20N6O3/c1-25-24-18-13-27-22-11-17(18)15(12-28-24)6-7-16-10-19(20(31-2)14-26-16)32-8-9-33-23-5-3-4-21(29-22)30-23/h3-5,10-14H,8-9H2,1-2H3,(H,25,28)(H,27,29,30). The normalized spacial score (nSPS) is 12.4. The number of fused-ring (bicyclic) bond motifs is 5. The molecular formula is C24H20N6O3. The molecule has 0 fully saturated rings. The fraction of sp³-hybridized carbons (Fsp3) is 0.167. The molecule has 0 amide bonds. The van der Waals surface area contributed by atoms with Crippen molar-refractivity contribution in [2.24, 2.45) is 0 Å². The third-order valence-corrected chi connectivity index (χ3v) is 4.96. The van der Waals surface area contributed by atoms with Crippen molar-refractivity contribution in [1.82, 2.24) is 19.9 Å². The Morgan fingerprint density at radius 2 is 1.88 bits per heavy atom. The molecule has 9 nitrogen and oxygen atoms in total. The molecule has 0 saturated heterocycles. The summed E-state index contributed by atoms with van der Waals surface area (Å²) in [6.07, 6.45) is 5.08. The molecule has 4 aromatic heterocycles. The lowest BCUT2D eigenvalue weighted by Crippen LogP contribution is -2.11. The fourth-order valence-electron chi connectivity index (χ4n) is 3.39. The van der Waals surface area contributed by atoms with Gasteiger partial charge in [-0.2, -0.15) is 4.98 Å². The van der Waals surface area contributed by atoms with Crippen LogP contribution < -0.4 is 24.8 Å². The van der Waals surface area contributed by atoms with Gasteiger partial charge in [0.05, 0.1) is 18.9 Å². The van der Waals surface area contributed by atoms with E-state index in [1.807, 2.05) is 25.2 Å². The summed E-state index contributed by atoms with van der Waals surface area (Å²) in [6, 6.07) is 9.16. The number of hydrogen-bond donors (Lipinski definition) is 2. The van der Waals surface area contributed by atoms with E-state index >= 15 is 0 Å². The van der Waals surface area contributed by atoms with Gasteiger partial charge in [0.25, 0.3) is 0 Å². The Labute approximate surface area is 190 Å². The minimum absolute atomic E-state index is 0.297. The number of hydrogen-bond acceptors (Lipinski definition) is 9. The number of nitrogens with zero attached hydrogens (tertiary/aromatic N) is 4. The molecule has 9 heteroatoms. The second-order valence-corrected chi connectivity index (χ2v) is 7.04. The SMILES string of the molecule is CNc1ncc2c3cc(ncc13)Nc1cccc(n1)OCCOc1cc(ncc1OC)C#C2. The van der Waals surface area contributed by atoms with Crippen molar-refractivity contribution in [1.29, 1.82) is 0 Å². The van der Waals surface area contributed by atoms with Gasteiger partial charge < -0.3 is 24.8 Å². The summed E-state index contributed by atoms with van der Waals surface area (Å²) in [5.41, 5.74) is 1.28. The number of ether oxygens (including phenoxy) is 3. The van der Waals surface area contributed by atoms with Crippen LogP contribution in [0.4, 0.5) is 17.5 Å². The summed E-state index contributed by atoms with van der Waals surface area (Å²) >= 11 is 0. The predicted octanol–water partition coefficient (Wildman–Crippen LogP) is 3.38. The van der Waals surface area contributed by atoms with Gasteiger partial charge in [0, 0.05) is 42.3 Å². The quantitative estimate of drug-likeness (QED) is 0.454. The Morgan fingerprint density at radius 1 is 0.970 bits per heavy atom. The first kappa shape index (κ1) is 20.3. The van der Waals surface area contributed by atoms with Gasteiger partial charge in [0.2, 0.25) is 5.88 Å². The smallest absolute Gasteiger partial charge is 0.215 e. The molecule has 1 aliphatic rings. The second-order valence-electron chi connectivity index (χ2n) is 7.04. The molecule has 33 heavy (non-hydrogen) atoms. The number of pyridine rings is 4. The highest BCUT2D eigenvalue weighted by atomic mass is 16.5. The fourth-order valence-corrected chi connectivity index (χ4v) is 3.39. The molecule has 0 aliphatic carbocycles. The van der Waals surface area contributed by atoms with Gasteiger partial charge in [0.15, 0.2) is 11.5 Å². The van der Waals surface area contributed by atoms with Crippen LogP contribution in [-0.4, -0.2) is 47.3 Å². The molecule has 5 rings (SSSR count). The summed E-state index contributed by atoms with van der Waals surface area (Å²) in [6.45, 7) is 0.599. The minimum Gasteiger partial charge on any atom is -0.491 e. The van der Waals surface area contributed by atoms with Crippen LogP contribution in [0, 0.1) is 11.8 Å². The van der Waals surface area contributed by atoms with E-state index in [-0.39, 0.29) is 0 Å². The molecule has 5 heterocycles. The molecule has 6 bridgehead atoms. The van der Waals surface area contributed by atoms with Crippen LogP contribution in [0.2, 0.25) is 0 Å². The van der Waals surface area contributed by atoms with Gasteiger partial charge in [0.1, 0.15) is 36.4 Å². The average molecular weight is 440 g/mol. The molecule has 0 radical (unpaired) electrons. The molecule has 0 atom stereocenters. The van der Waals surface area contributed by atoms with Crippen LogP contribution >= 0.6 is 0 Å². The first-order valence-corrected chi connectivity index (χ1v) is 10.3. The third-order valence-electron chi connectivity index (χ3n) is 4.96. The maximum Gasteiger partial charge on any atom is 0.215 e. The highest BCUT2D eigenvalue weighted by Crippen LogP contribution is 2.28. The van der Waals surface area contributed by atoms with Crippen molar-refractivity contribution in [3.05, 3.63) is 60.2 Å². The Morgan fingerprint density at radius 3 is 2.76 bits per heavy atom. The lowest BCUT2D eigenvalue weighted by molar-refractivity contribution is 0.206. The number of anilines is 3. The highest BCUT2D eigenvalue weighted by molar-refractivity contribution is 5.96. The van der Waals surface area contributed by atoms with Gasteiger partial charge in [-0.15, -0.1) is 0 Å². The Bertz CT molecular complexity index is 1400. The zero-order valence-corrected chi connectivity index (χ0v) is 18.0. The largest absolute Gasteiger partial charge is 0.491 e. The van der Waals surface area contributed by atoms with Crippen LogP contribution in [0.1, 0.15) is 11.3 Å². The molecule has 0 spiro atoms. The number of aromatic nitrogens is 4. The van der Waals surface area contributed by atoms with Crippen molar-refractivity contribution in [3.8, 4) is 29.2 Å². The maximum atomic E-state index is 5.86. The number of nitrogens with one attached hydrogen (secondary N) is 2. The molecule has 4 aromatic rings. The van der Waals surface area contributed by atoms with E-state index in [9.17, 15) is 0 Å². The maximum absolute atomic E-state index is 5.86. The molecule has 2 N–H and O–H groups in total. The van der Waals surface area contributed by atoms with Crippen molar-refractivity contribution in [2.75, 3.05) is 38.0 Å². The summed E-state index contributed by atoms with van der Waals surface area (Å²) in [7, 11) is 3.38. The van der Waals surface area contributed by atoms with Crippen LogP contribution in [0.5, 0.6) is 17.4 Å². The van der Waals surface area contributed by atoms with E-state index in [4.69, 9.17) is 14.2 Å². The van der Waals surface area contributed by atoms with Gasteiger partial charge >= 0.3 is 0 Å². The lowest BCUT2D eigenvalue weighted by Gasteiger charge is -2.12. The number of methoxy groups -OCH3 is 1. The van der Waals surface area contributed by atoms with E-state index in [1.165, 1.54) is 0 Å². The van der Waals surface area contributed by atoms with E-state index in [2.05, 4.69) is 42.4 Å². The summed E-state index contributed by atoms with van der Waals surface area (Å²) in [5, 5.41) is 8.07. The Balaban J connectivity index is 1.66.